The van der Waals surface area contributed by atoms with Crippen molar-refractivity contribution in [1.29, 1.82) is 0 Å². The van der Waals surface area contributed by atoms with E-state index in [-0.39, 0.29) is 24.9 Å². The summed E-state index contributed by atoms with van der Waals surface area (Å²) < 4.78 is 31.1. The molecule has 2 aromatic carbocycles. The zero-order chi connectivity index (χ0) is 21.4. The van der Waals surface area contributed by atoms with Gasteiger partial charge < -0.3 is 10.1 Å². The van der Waals surface area contributed by atoms with Gasteiger partial charge in [-0.2, -0.15) is 0 Å². The molecule has 1 N–H and O–H groups in total. The first-order chi connectivity index (χ1) is 13.8. The number of nitrogens with zero attached hydrogens (tertiary/aromatic N) is 1. The Morgan fingerprint density at radius 2 is 1.79 bits per heavy atom. The fourth-order valence-corrected chi connectivity index (χ4v) is 4.09. The summed E-state index contributed by atoms with van der Waals surface area (Å²) in [5.74, 6) is 0.372. The molecule has 2 rings (SSSR count). The summed E-state index contributed by atoms with van der Waals surface area (Å²) in [5, 5.41) is 2.98. The summed E-state index contributed by atoms with van der Waals surface area (Å²) in [6.45, 7) is 4.24. The number of benzene rings is 2. The van der Waals surface area contributed by atoms with E-state index in [0.29, 0.717) is 17.9 Å². The second-order valence-electron chi connectivity index (χ2n) is 6.99. The average Bonchev–Trinajstić information content (AvgIpc) is 2.70. The van der Waals surface area contributed by atoms with E-state index in [9.17, 15) is 13.2 Å². The Hall–Kier alpha value is -2.54. The van der Waals surface area contributed by atoms with E-state index in [2.05, 4.69) is 24.4 Å². The SMILES string of the molecule is CCc1ccc([C@@H](C)NC(=O)CCCN(c2ccccc2OC)S(C)(=O)=O)cc1. The van der Waals surface area contributed by atoms with Crippen molar-refractivity contribution in [3.63, 3.8) is 0 Å². The number of carbonyl (C=O) groups excluding carboxylic acids is 1. The highest BCUT2D eigenvalue weighted by Gasteiger charge is 2.21. The number of hydrogen-bond acceptors (Lipinski definition) is 4. The molecule has 0 aliphatic heterocycles. The van der Waals surface area contributed by atoms with Crippen molar-refractivity contribution in [1.82, 2.24) is 5.32 Å². The van der Waals surface area contributed by atoms with E-state index in [4.69, 9.17) is 4.74 Å². The van der Waals surface area contributed by atoms with E-state index >= 15 is 0 Å². The number of ether oxygens (including phenoxy) is 1. The lowest BCUT2D eigenvalue weighted by atomic mass is 10.0. The molecule has 7 heteroatoms. The summed E-state index contributed by atoms with van der Waals surface area (Å²) in [5.41, 5.74) is 2.77. The molecule has 0 aromatic heterocycles. The van der Waals surface area contributed by atoms with Gasteiger partial charge in [0.05, 0.1) is 25.1 Å². The summed E-state index contributed by atoms with van der Waals surface area (Å²) in [6, 6.07) is 15.0. The number of sulfonamides is 1. The zero-order valence-corrected chi connectivity index (χ0v) is 18.3. The molecular formula is C22H30N2O4S. The largest absolute Gasteiger partial charge is 0.495 e. The smallest absolute Gasteiger partial charge is 0.232 e. The Bertz CT molecular complexity index is 911. The number of carbonyl (C=O) groups is 1. The maximum Gasteiger partial charge on any atom is 0.232 e. The topological polar surface area (TPSA) is 75.7 Å². The Kier molecular flexibility index (Phi) is 8.08. The Morgan fingerprint density at radius 3 is 2.38 bits per heavy atom. The van der Waals surface area contributed by atoms with Crippen LogP contribution in [-0.2, 0) is 21.2 Å². The lowest BCUT2D eigenvalue weighted by Crippen LogP contribution is -2.32. The van der Waals surface area contributed by atoms with Crippen LogP contribution in [0.2, 0.25) is 0 Å². The molecule has 0 radical (unpaired) electrons. The number of rotatable bonds is 10. The average molecular weight is 419 g/mol. The van der Waals surface area contributed by atoms with Crippen molar-refractivity contribution in [2.75, 3.05) is 24.2 Å². The van der Waals surface area contributed by atoms with Gasteiger partial charge in [-0.15, -0.1) is 0 Å². The highest BCUT2D eigenvalue weighted by molar-refractivity contribution is 7.92. The number of aryl methyl sites for hydroxylation is 1. The normalized spacial score (nSPS) is 12.3. The number of nitrogens with one attached hydrogen (secondary N) is 1. The van der Waals surface area contributed by atoms with Crippen molar-refractivity contribution in [3.8, 4) is 5.75 Å². The van der Waals surface area contributed by atoms with E-state index in [0.717, 1.165) is 18.2 Å². The Labute approximate surface area is 173 Å². The zero-order valence-electron chi connectivity index (χ0n) is 17.5. The van der Waals surface area contributed by atoms with Crippen molar-refractivity contribution >= 4 is 21.6 Å². The molecule has 6 nitrogen and oxygen atoms in total. The second kappa shape index (κ2) is 10.3. The molecule has 1 amide bonds. The van der Waals surface area contributed by atoms with Crippen LogP contribution in [0.1, 0.15) is 43.9 Å². The lowest BCUT2D eigenvalue weighted by molar-refractivity contribution is -0.121. The minimum Gasteiger partial charge on any atom is -0.495 e. The predicted molar refractivity (Wildman–Crippen MR) is 117 cm³/mol. The van der Waals surface area contributed by atoms with E-state index < -0.39 is 10.0 Å². The molecule has 158 valence electrons. The Balaban J connectivity index is 1.95. The van der Waals surface area contributed by atoms with Crippen LogP contribution in [-0.4, -0.2) is 34.2 Å². The summed E-state index contributed by atoms with van der Waals surface area (Å²) in [7, 11) is -2.00. The van der Waals surface area contributed by atoms with Crippen LogP contribution in [0.5, 0.6) is 5.75 Å². The van der Waals surface area contributed by atoms with Crippen molar-refractivity contribution in [3.05, 3.63) is 59.7 Å². The lowest BCUT2D eigenvalue weighted by Gasteiger charge is -2.24. The van der Waals surface area contributed by atoms with Gasteiger partial charge in [0.25, 0.3) is 0 Å². The standard InChI is InChI=1S/C22H30N2O4S/c1-5-18-12-14-19(15-13-18)17(2)23-22(25)11-8-16-24(29(4,26)27)20-9-6-7-10-21(20)28-3/h6-7,9-10,12-15,17H,5,8,11,16H2,1-4H3,(H,23,25)/t17-/m1/s1. The monoisotopic (exact) mass is 418 g/mol. The van der Waals surface area contributed by atoms with E-state index in [1.807, 2.05) is 19.1 Å². The summed E-state index contributed by atoms with van der Waals surface area (Å²) in [4.78, 5) is 12.3. The first-order valence-electron chi connectivity index (χ1n) is 9.75. The molecule has 0 spiro atoms. The minimum absolute atomic E-state index is 0.103. The maximum absolute atomic E-state index is 12.3. The van der Waals surface area contributed by atoms with Crippen LogP contribution in [0.4, 0.5) is 5.69 Å². The molecule has 1 atom stereocenters. The van der Waals surface area contributed by atoms with Gasteiger partial charge in [-0.05, 0) is 43.0 Å². The summed E-state index contributed by atoms with van der Waals surface area (Å²) >= 11 is 0. The van der Waals surface area contributed by atoms with Gasteiger partial charge in [0.15, 0.2) is 0 Å². The highest BCUT2D eigenvalue weighted by Crippen LogP contribution is 2.29. The minimum atomic E-state index is -3.50. The molecule has 2 aromatic rings. The number of methoxy groups -OCH3 is 1. The quantitative estimate of drug-likeness (QED) is 0.639. The third-order valence-electron chi connectivity index (χ3n) is 4.78. The van der Waals surface area contributed by atoms with E-state index in [1.165, 1.54) is 17.0 Å². The maximum atomic E-state index is 12.3. The molecular weight excluding hydrogens is 388 g/mol. The van der Waals surface area contributed by atoms with Crippen LogP contribution in [0.3, 0.4) is 0 Å². The van der Waals surface area contributed by atoms with Gasteiger partial charge in [-0.1, -0.05) is 43.3 Å². The fraction of sp³-hybridized carbons (Fsp3) is 0.409. The van der Waals surface area contributed by atoms with Crippen LogP contribution < -0.4 is 14.4 Å². The number of hydrogen-bond donors (Lipinski definition) is 1. The van der Waals surface area contributed by atoms with Gasteiger partial charge in [-0.25, -0.2) is 8.42 Å². The van der Waals surface area contributed by atoms with E-state index in [1.54, 1.807) is 24.3 Å². The van der Waals surface area contributed by atoms with Gasteiger partial charge >= 0.3 is 0 Å². The highest BCUT2D eigenvalue weighted by atomic mass is 32.2. The third kappa shape index (κ3) is 6.49. The summed E-state index contributed by atoms with van der Waals surface area (Å²) in [6.07, 6.45) is 2.77. The first kappa shape index (κ1) is 22.7. The van der Waals surface area contributed by atoms with Crippen LogP contribution in [0.25, 0.3) is 0 Å². The molecule has 0 aliphatic rings. The fourth-order valence-electron chi connectivity index (χ4n) is 3.12. The molecule has 0 bridgehead atoms. The molecule has 0 aliphatic carbocycles. The number of anilines is 1. The molecule has 0 saturated carbocycles. The number of amides is 1. The van der Waals surface area contributed by atoms with Crippen molar-refractivity contribution in [2.24, 2.45) is 0 Å². The molecule has 29 heavy (non-hydrogen) atoms. The second-order valence-corrected chi connectivity index (χ2v) is 8.90. The van der Waals surface area contributed by atoms with Crippen LogP contribution >= 0.6 is 0 Å². The Morgan fingerprint density at radius 1 is 1.14 bits per heavy atom. The first-order valence-corrected chi connectivity index (χ1v) is 11.6. The molecule has 0 fully saturated rings. The molecule has 0 saturated heterocycles. The van der Waals surface area contributed by atoms with Crippen LogP contribution in [0.15, 0.2) is 48.5 Å². The number of para-hydroxylation sites is 2. The predicted octanol–water partition coefficient (Wildman–Crippen LogP) is 3.68. The molecule has 0 unspecified atom stereocenters. The van der Waals surface area contributed by atoms with Gasteiger partial charge in [-0.3, -0.25) is 9.10 Å². The molecule has 0 heterocycles. The van der Waals surface area contributed by atoms with Gasteiger partial charge in [0.1, 0.15) is 5.75 Å². The van der Waals surface area contributed by atoms with Gasteiger partial charge in [0, 0.05) is 13.0 Å². The van der Waals surface area contributed by atoms with Gasteiger partial charge in [0.2, 0.25) is 15.9 Å². The van der Waals surface area contributed by atoms with Crippen molar-refractivity contribution in [2.45, 2.75) is 39.2 Å². The van der Waals surface area contributed by atoms with Crippen LogP contribution in [0, 0.1) is 0 Å². The third-order valence-corrected chi connectivity index (χ3v) is 5.96. The van der Waals surface area contributed by atoms with Crippen molar-refractivity contribution < 1.29 is 17.9 Å².